The molecule has 1 aromatic rings. The first-order chi connectivity index (χ1) is 15.5. The Bertz CT molecular complexity index is 827. The molecule has 1 aliphatic heterocycles. The third-order valence-corrected chi connectivity index (χ3v) is 5.54. The average molecular weight is 467 g/mol. The van der Waals surface area contributed by atoms with Crippen LogP contribution in [0.1, 0.15) is 45.7 Å². The molecule has 33 heavy (non-hydrogen) atoms. The van der Waals surface area contributed by atoms with Gasteiger partial charge in [0.05, 0.1) is 18.5 Å². The van der Waals surface area contributed by atoms with Crippen LogP contribution in [0.4, 0.5) is 0 Å². The maximum absolute atomic E-state index is 13.4. The summed E-state index contributed by atoms with van der Waals surface area (Å²) in [6.07, 6.45) is 3.12. The van der Waals surface area contributed by atoms with E-state index in [2.05, 4.69) is 20.6 Å². The molecule has 0 bridgehead atoms. The van der Waals surface area contributed by atoms with Crippen molar-refractivity contribution >= 4 is 23.7 Å². The number of amides is 3. The monoisotopic (exact) mass is 466 g/mol. The van der Waals surface area contributed by atoms with Gasteiger partial charge in [0.25, 0.3) is 0 Å². The van der Waals surface area contributed by atoms with Crippen LogP contribution in [0.3, 0.4) is 0 Å². The van der Waals surface area contributed by atoms with Crippen LogP contribution >= 0.6 is 0 Å². The van der Waals surface area contributed by atoms with Crippen LogP contribution in [0.15, 0.2) is 12.5 Å². The van der Waals surface area contributed by atoms with E-state index in [1.54, 1.807) is 0 Å². The van der Waals surface area contributed by atoms with Crippen molar-refractivity contribution in [2.75, 3.05) is 6.54 Å². The van der Waals surface area contributed by atoms with Crippen molar-refractivity contribution in [1.29, 1.82) is 0 Å². The van der Waals surface area contributed by atoms with E-state index in [4.69, 9.17) is 5.73 Å². The molecule has 5 unspecified atom stereocenters. The van der Waals surface area contributed by atoms with Gasteiger partial charge in [0.1, 0.15) is 12.1 Å². The first-order valence-corrected chi connectivity index (χ1v) is 11.1. The summed E-state index contributed by atoms with van der Waals surface area (Å²) < 4.78 is 0. The van der Waals surface area contributed by atoms with Crippen molar-refractivity contribution in [3.05, 3.63) is 18.2 Å². The van der Waals surface area contributed by atoms with Gasteiger partial charge in [-0.1, -0.05) is 13.8 Å². The zero-order valence-electron chi connectivity index (χ0n) is 19.2. The molecule has 1 saturated heterocycles. The Labute approximate surface area is 192 Å². The summed E-state index contributed by atoms with van der Waals surface area (Å²) in [6.45, 7) is 5.40. The molecule has 3 amide bonds. The van der Waals surface area contributed by atoms with E-state index in [0.717, 1.165) is 0 Å². The first kappa shape index (κ1) is 26.3. The molecule has 1 fully saturated rings. The van der Waals surface area contributed by atoms with E-state index < -0.39 is 54.0 Å². The summed E-state index contributed by atoms with van der Waals surface area (Å²) in [5.41, 5.74) is 6.60. The van der Waals surface area contributed by atoms with Crippen LogP contribution in [-0.4, -0.2) is 85.6 Å². The number of aliphatic hydroxyl groups is 1. The number of nitrogens with one attached hydrogen (secondary N) is 3. The van der Waals surface area contributed by atoms with Gasteiger partial charge in [-0.05, 0) is 32.1 Å². The first-order valence-electron chi connectivity index (χ1n) is 11.1. The number of carbonyl (C=O) groups is 4. The van der Waals surface area contributed by atoms with Gasteiger partial charge in [0, 0.05) is 24.9 Å². The molecular weight excluding hydrogens is 432 g/mol. The molecule has 1 aromatic heterocycles. The third-order valence-electron chi connectivity index (χ3n) is 5.54. The SMILES string of the molecule is CC(C)CC(N)C(=O)NC(Cc1cnc[nH]1)C(=O)N1CCCC1C(=O)NC(C(=O)O)C(C)O. The maximum atomic E-state index is 13.4. The molecule has 12 heteroatoms. The number of rotatable bonds is 11. The minimum absolute atomic E-state index is 0.120. The molecule has 0 aromatic carbocycles. The lowest BCUT2D eigenvalue weighted by Gasteiger charge is -2.30. The van der Waals surface area contributed by atoms with Gasteiger partial charge in [0.15, 0.2) is 6.04 Å². The number of imidazole rings is 1. The number of aromatic amines is 1. The predicted octanol–water partition coefficient (Wildman–Crippen LogP) is -1.25. The van der Waals surface area contributed by atoms with Crippen LogP contribution < -0.4 is 16.4 Å². The molecule has 2 rings (SSSR count). The quantitative estimate of drug-likeness (QED) is 0.233. The van der Waals surface area contributed by atoms with Crippen LogP contribution in [-0.2, 0) is 25.6 Å². The smallest absolute Gasteiger partial charge is 0.328 e. The summed E-state index contributed by atoms with van der Waals surface area (Å²) in [4.78, 5) is 58.3. The average Bonchev–Trinajstić information content (AvgIpc) is 3.41. The molecule has 0 radical (unpaired) electrons. The normalized spacial score (nSPS) is 19.6. The van der Waals surface area contributed by atoms with Crippen molar-refractivity contribution in [1.82, 2.24) is 25.5 Å². The number of carbonyl (C=O) groups excluding carboxylic acids is 3. The lowest BCUT2D eigenvalue weighted by Crippen LogP contribution is -2.58. The van der Waals surface area contributed by atoms with Crippen LogP contribution in [0.2, 0.25) is 0 Å². The van der Waals surface area contributed by atoms with Crippen molar-refractivity contribution in [3.63, 3.8) is 0 Å². The Balaban J connectivity index is 2.18. The van der Waals surface area contributed by atoms with E-state index in [1.807, 2.05) is 13.8 Å². The van der Waals surface area contributed by atoms with Crippen molar-refractivity contribution in [3.8, 4) is 0 Å². The highest BCUT2D eigenvalue weighted by molar-refractivity contribution is 5.94. The minimum atomic E-state index is -1.50. The second kappa shape index (κ2) is 11.8. The van der Waals surface area contributed by atoms with Gasteiger partial charge in [-0.3, -0.25) is 14.4 Å². The number of nitrogens with two attached hydrogens (primary N) is 1. The Kier molecular flexibility index (Phi) is 9.35. The number of carboxylic acids is 1. The van der Waals surface area contributed by atoms with Crippen LogP contribution in [0.25, 0.3) is 0 Å². The molecule has 7 N–H and O–H groups in total. The number of aliphatic hydroxyl groups excluding tert-OH is 1. The lowest BCUT2D eigenvalue weighted by atomic mass is 10.0. The molecule has 0 spiro atoms. The fourth-order valence-corrected chi connectivity index (χ4v) is 3.85. The van der Waals surface area contributed by atoms with E-state index in [0.29, 0.717) is 25.0 Å². The summed E-state index contributed by atoms with van der Waals surface area (Å²) in [5, 5.41) is 23.9. The van der Waals surface area contributed by atoms with Crippen LogP contribution in [0, 0.1) is 5.92 Å². The fourth-order valence-electron chi connectivity index (χ4n) is 3.85. The summed E-state index contributed by atoms with van der Waals surface area (Å²) in [5.74, 6) is -2.80. The summed E-state index contributed by atoms with van der Waals surface area (Å²) >= 11 is 0. The van der Waals surface area contributed by atoms with E-state index in [-0.39, 0.29) is 18.9 Å². The predicted molar refractivity (Wildman–Crippen MR) is 118 cm³/mol. The number of aromatic nitrogens is 2. The highest BCUT2D eigenvalue weighted by Gasteiger charge is 2.39. The molecule has 5 atom stereocenters. The molecule has 0 saturated carbocycles. The van der Waals surface area contributed by atoms with Crippen molar-refractivity contribution < 1.29 is 29.4 Å². The van der Waals surface area contributed by atoms with Gasteiger partial charge in [-0.2, -0.15) is 0 Å². The van der Waals surface area contributed by atoms with Gasteiger partial charge in [-0.25, -0.2) is 9.78 Å². The molecule has 1 aliphatic rings. The van der Waals surface area contributed by atoms with E-state index in [9.17, 15) is 29.4 Å². The fraction of sp³-hybridized carbons (Fsp3) is 0.667. The largest absolute Gasteiger partial charge is 0.480 e. The Morgan fingerprint density at radius 3 is 2.52 bits per heavy atom. The number of H-pyrrole nitrogens is 1. The summed E-state index contributed by atoms with van der Waals surface area (Å²) in [6, 6.07) is -4.19. The van der Waals surface area contributed by atoms with Gasteiger partial charge >= 0.3 is 5.97 Å². The number of hydrogen-bond acceptors (Lipinski definition) is 7. The number of likely N-dealkylation sites (tertiary alicyclic amines) is 1. The molecule has 184 valence electrons. The lowest BCUT2D eigenvalue weighted by molar-refractivity contribution is -0.147. The van der Waals surface area contributed by atoms with Gasteiger partial charge < -0.3 is 36.5 Å². The highest BCUT2D eigenvalue weighted by Crippen LogP contribution is 2.20. The van der Waals surface area contributed by atoms with Gasteiger partial charge in [-0.15, -0.1) is 0 Å². The molecule has 0 aliphatic carbocycles. The Hall–Kier alpha value is -2.99. The standard InChI is InChI=1S/C21H34N6O6/c1-11(2)7-14(22)18(29)25-15(8-13-9-23-10-24-13)20(31)27-6-4-5-16(27)19(30)26-17(12(3)28)21(32)33/h9-12,14-17,28H,4-8,22H2,1-3H3,(H,23,24)(H,25,29)(H,26,30)(H,32,33). The Morgan fingerprint density at radius 1 is 1.27 bits per heavy atom. The Morgan fingerprint density at radius 2 is 1.97 bits per heavy atom. The highest BCUT2D eigenvalue weighted by atomic mass is 16.4. The number of hydrogen-bond donors (Lipinski definition) is 6. The third kappa shape index (κ3) is 7.26. The zero-order valence-corrected chi connectivity index (χ0v) is 19.2. The van der Waals surface area contributed by atoms with Crippen molar-refractivity contribution in [2.24, 2.45) is 11.7 Å². The van der Waals surface area contributed by atoms with E-state index >= 15 is 0 Å². The topological polar surface area (TPSA) is 191 Å². The summed E-state index contributed by atoms with van der Waals surface area (Å²) in [7, 11) is 0. The van der Waals surface area contributed by atoms with Crippen LogP contribution in [0.5, 0.6) is 0 Å². The zero-order chi connectivity index (χ0) is 24.7. The number of nitrogens with zero attached hydrogens (tertiary/aromatic N) is 2. The van der Waals surface area contributed by atoms with Crippen molar-refractivity contribution in [2.45, 2.75) is 76.7 Å². The second-order valence-electron chi connectivity index (χ2n) is 8.83. The van der Waals surface area contributed by atoms with E-state index in [1.165, 1.54) is 24.3 Å². The second-order valence-corrected chi connectivity index (χ2v) is 8.83. The molecule has 2 heterocycles. The number of carboxylic acid groups (broad SMARTS) is 1. The maximum Gasteiger partial charge on any atom is 0.328 e. The molecular formula is C21H34N6O6. The number of aliphatic carboxylic acids is 1. The minimum Gasteiger partial charge on any atom is -0.480 e. The van der Waals surface area contributed by atoms with Gasteiger partial charge in [0.2, 0.25) is 17.7 Å². The molecule has 12 nitrogen and oxygen atoms in total.